The van der Waals surface area contributed by atoms with Crippen LogP contribution in [0, 0.1) is 17.1 Å². The van der Waals surface area contributed by atoms with E-state index >= 15 is 0 Å². The highest BCUT2D eigenvalue weighted by atomic mass is 19.1. The fourth-order valence-corrected chi connectivity index (χ4v) is 4.23. The largest absolute Gasteiger partial charge is 0.496 e. The normalized spacial score (nSPS) is 15.0. The molecular formula is C28H33FN4O5. The van der Waals surface area contributed by atoms with E-state index in [0.717, 1.165) is 12.8 Å². The van der Waals surface area contributed by atoms with E-state index in [2.05, 4.69) is 21.6 Å². The van der Waals surface area contributed by atoms with Gasteiger partial charge < -0.3 is 30.1 Å². The average Bonchev–Trinajstić information content (AvgIpc) is 2.92. The number of aliphatic hydroxyl groups is 1. The van der Waals surface area contributed by atoms with Crippen molar-refractivity contribution in [3.63, 3.8) is 0 Å². The number of nitriles is 1. The summed E-state index contributed by atoms with van der Waals surface area (Å²) >= 11 is 0. The number of carbonyl (C=O) groups is 2. The lowest BCUT2D eigenvalue weighted by atomic mass is 10.1. The summed E-state index contributed by atoms with van der Waals surface area (Å²) in [6.45, 7) is 1.86. The van der Waals surface area contributed by atoms with Gasteiger partial charge in [0, 0.05) is 44.2 Å². The third kappa shape index (κ3) is 9.18. The number of aliphatic hydroxyl groups excluding tert-OH is 1. The number of hydrogen-bond donors (Lipinski definition) is 3. The van der Waals surface area contributed by atoms with Crippen LogP contribution in [0.4, 0.5) is 4.39 Å². The minimum absolute atomic E-state index is 0.000284. The summed E-state index contributed by atoms with van der Waals surface area (Å²) in [6, 6.07) is 12.5. The number of rotatable bonds is 12. The molecule has 0 unspecified atom stereocenters. The molecule has 38 heavy (non-hydrogen) atoms. The van der Waals surface area contributed by atoms with Crippen molar-refractivity contribution in [1.29, 1.82) is 5.26 Å². The van der Waals surface area contributed by atoms with Gasteiger partial charge in [-0.2, -0.15) is 5.26 Å². The highest BCUT2D eigenvalue weighted by Gasteiger charge is 2.25. The predicted molar refractivity (Wildman–Crippen MR) is 140 cm³/mol. The Morgan fingerprint density at radius 1 is 1.24 bits per heavy atom. The third-order valence-corrected chi connectivity index (χ3v) is 6.11. The first-order valence-corrected chi connectivity index (χ1v) is 12.5. The van der Waals surface area contributed by atoms with E-state index in [9.17, 15) is 14.0 Å². The lowest BCUT2D eigenvalue weighted by Gasteiger charge is -2.34. The molecule has 2 amide bonds. The molecule has 3 rings (SSSR count). The molecule has 0 radical (unpaired) electrons. The molecule has 2 aromatic rings. The molecule has 2 aromatic carbocycles. The van der Waals surface area contributed by atoms with Crippen molar-refractivity contribution in [2.45, 2.75) is 31.4 Å². The molecular weight excluding hydrogens is 491 g/mol. The number of nitrogens with one attached hydrogen (secondary N) is 2. The van der Waals surface area contributed by atoms with Gasteiger partial charge in [0.05, 0.1) is 31.4 Å². The van der Waals surface area contributed by atoms with E-state index in [1.807, 2.05) is 0 Å². The van der Waals surface area contributed by atoms with Gasteiger partial charge in [0.1, 0.15) is 23.4 Å². The van der Waals surface area contributed by atoms with Gasteiger partial charge in [-0.1, -0.05) is 0 Å². The summed E-state index contributed by atoms with van der Waals surface area (Å²) in [5.41, 5.74) is 1.03. The lowest BCUT2D eigenvalue weighted by molar-refractivity contribution is -0.122. The Kier molecular flexibility index (Phi) is 11.1. The van der Waals surface area contributed by atoms with Gasteiger partial charge in [-0.05, 0) is 61.4 Å². The Bertz CT molecular complexity index is 1140. The van der Waals surface area contributed by atoms with E-state index in [1.165, 1.54) is 25.3 Å². The zero-order valence-electron chi connectivity index (χ0n) is 21.4. The van der Waals surface area contributed by atoms with Crippen LogP contribution in [0.15, 0.2) is 48.5 Å². The van der Waals surface area contributed by atoms with Gasteiger partial charge in [-0.3, -0.25) is 9.59 Å². The minimum atomic E-state index is -0.465. The Morgan fingerprint density at radius 2 is 1.97 bits per heavy atom. The molecule has 0 aromatic heterocycles. The highest BCUT2D eigenvalue weighted by Crippen LogP contribution is 2.22. The van der Waals surface area contributed by atoms with Gasteiger partial charge >= 0.3 is 0 Å². The van der Waals surface area contributed by atoms with Crippen molar-refractivity contribution in [2.24, 2.45) is 0 Å². The Morgan fingerprint density at radius 3 is 2.63 bits per heavy atom. The first-order chi connectivity index (χ1) is 18.4. The number of amides is 2. The molecule has 0 spiro atoms. The molecule has 1 fully saturated rings. The average molecular weight is 525 g/mol. The molecule has 202 valence electrons. The van der Waals surface area contributed by atoms with Gasteiger partial charge in [0.15, 0.2) is 0 Å². The van der Waals surface area contributed by atoms with Crippen LogP contribution >= 0.6 is 0 Å². The monoisotopic (exact) mass is 524 g/mol. The second-order valence-corrected chi connectivity index (χ2v) is 8.96. The fraction of sp³-hybridized carbons (Fsp3) is 0.393. The number of hydrogen-bond acceptors (Lipinski definition) is 7. The predicted octanol–water partition coefficient (Wildman–Crippen LogP) is 2.25. The smallest absolute Gasteiger partial charge is 0.244 e. The molecule has 0 aliphatic carbocycles. The number of halogens is 1. The zero-order chi connectivity index (χ0) is 27.3. The maximum absolute atomic E-state index is 13.1. The van der Waals surface area contributed by atoms with Crippen LogP contribution in [0.3, 0.4) is 0 Å². The summed E-state index contributed by atoms with van der Waals surface area (Å²) < 4.78 is 24.4. The van der Waals surface area contributed by atoms with Gasteiger partial charge in [0.2, 0.25) is 11.8 Å². The quantitative estimate of drug-likeness (QED) is 0.364. The second-order valence-electron chi connectivity index (χ2n) is 8.96. The van der Waals surface area contributed by atoms with E-state index < -0.39 is 6.04 Å². The standard InChI is InChI=1S/C28H33FN4O5/c1-37-26-8-2-20(18-30)16-21(26)3-9-27(35)32-23(17-28(36)31-12-15-34)19-33-13-10-25(11-14-33)38-24-6-4-22(29)5-7-24/h2-9,16,23,25,34H,10-15,17,19H2,1H3,(H,31,36)(H,32,35)/b9-3+/t23-/m1/s1. The topological polar surface area (TPSA) is 124 Å². The summed E-state index contributed by atoms with van der Waals surface area (Å²) in [7, 11) is 1.51. The Balaban J connectivity index is 1.59. The van der Waals surface area contributed by atoms with Crippen LogP contribution < -0.4 is 20.1 Å². The lowest BCUT2D eigenvalue weighted by Crippen LogP contribution is -2.49. The summed E-state index contributed by atoms with van der Waals surface area (Å²) in [6.07, 6.45) is 4.47. The van der Waals surface area contributed by atoms with Gasteiger partial charge in [-0.15, -0.1) is 0 Å². The van der Waals surface area contributed by atoms with Crippen molar-refractivity contribution < 1.29 is 28.6 Å². The van der Waals surface area contributed by atoms with Crippen molar-refractivity contribution in [3.05, 3.63) is 65.5 Å². The summed E-state index contributed by atoms with van der Waals surface area (Å²) in [5, 5.41) is 23.7. The minimum Gasteiger partial charge on any atom is -0.496 e. The van der Waals surface area contributed by atoms with E-state index in [0.29, 0.717) is 42.3 Å². The fourth-order valence-electron chi connectivity index (χ4n) is 4.23. The molecule has 1 atom stereocenters. The summed E-state index contributed by atoms with van der Waals surface area (Å²) in [4.78, 5) is 27.3. The Hall–Kier alpha value is -3.94. The van der Waals surface area contributed by atoms with Gasteiger partial charge in [0.25, 0.3) is 0 Å². The second kappa shape index (κ2) is 14.7. The van der Waals surface area contributed by atoms with Crippen LogP contribution in [0.1, 0.15) is 30.4 Å². The van der Waals surface area contributed by atoms with Crippen molar-refractivity contribution in [2.75, 3.05) is 39.9 Å². The Labute approximate surface area is 221 Å². The number of carbonyl (C=O) groups excluding carboxylic acids is 2. The first-order valence-electron chi connectivity index (χ1n) is 12.5. The maximum atomic E-state index is 13.1. The van der Waals surface area contributed by atoms with E-state index in [4.69, 9.17) is 19.8 Å². The van der Waals surface area contributed by atoms with E-state index in [1.54, 1.807) is 36.4 Å². The van der Waals surface area contributed by atoms with Crippen molar-refractivity contribution >= 4 is 17.9 Å². The molecule has 1 heterocycles. The summed E-state index contributed by atoms with van der Waals surface area (Å²) in [5.74, 6) is 0.182. The van der Waals surface area contributed by atoms with Crippen LogP contribution in [-0.4, -0.2) is 73.9 Å². The van der Waals surface area contributed by atoms with Crippen LogP contribution in [0.5, 0.6) is 11.5 Å². The molecule has 9 nitrogen and oxygen atoms in total. The number of piperidine rings is 1. The maximum Gasteiger partial charge on any atom is 0.244 e. The molecule has 1 aliphatic heterocycles. The third-order valence-electron chi connectivity index (χ3n) is 6.11. The molecule has 0 saturated carbocycles. The van der Waals surface area contributed by atoms with Crippen molar-refractivity contribution in [1.82, 2.24) is 15.5 Å². The molecule has 10 heteroatoms. The SMILES string of the molecule is COc1ccc(C#N)cc1/C=C/C(=O)N[C@H](CC(=O)NCCO)CN1CCC(Oc2ccc(F)cc2)CC1. The number of likely N-dealkylation sites (tertiary alicyclic amines) is 1. The molecule has 1 aliphatic rings. The number of methoxy groups -OCH3 is 1. The van der Waals surface area contributed by atoms with Crippen molar-refractivity contribution in [3.8, 4) is 17.6 Å². The zero-order valence-corrected chi connectivity index (χ0v) is 21.4. The van der Waals surface area contributed by atoms with Crippen LogP contribution in [0.2, 0.25) is 0 Å². The molecule has 0 bridgehead atoms. The number of benzene rings is 2. The van der Waals surface area contributed by atoms with Crippen LogP contribution in [-0.2, 0) is 9.59 Å². The van der Waals surface area contributed by atoms with Crippen LogP contribution in [0.25, 0.3) is 6.08 Å². The highest BCUT2D eigenvalue weighted by molar-refractivity contribution is 5.92. The number of ether oxygens (including phenoxy) is 2. The van der Waals surface area contributed by atoms with Gasteiger partial charge in [-0.25, -0.2) is 4.39 Å². The molecule has 3 N–H and O–H groups in total. The van der Waals surface area contributed by atoms with E-state index in [-0.39, 0.29) is 43.3 Å². The first kappa shape index (κ1) is 28.6. The number of nitrogens with zero attached hydrogens (tertiary/aromatic N) is 2. The molecule has 1 saturated heterocycles.